The molecule has 2 unspecified atom stereocenters. The Hall–Kier alpha value is -1.10. The first-order valence-corrected chi connectivity index (χ1v) is 7.67. The normalized spacial score (nSPS) is 24.9. The molecule has 0 radical (unpaired) electrons. The van der Waals surface area contributed by atoms with Gasteiger partial charge in [-0.15, -0.1) is 0 Å². The van der Waals surface area contributed by atoms with Crippen LogP contribution >= 0.6 is 0 Å². The van der Waals surface area contributed by atoms with Gasteiger partial charge in [-0.05, 0) is 38.0 Å². The lowest BCUT2D eigenvalue weighted by Crippen LogP contribution is -2.57. The minimum atomic E-state index is -0.434. The molecule has 0 aromatic rings. The summed E-state index contributed by atoms with van der Waals surface area (Å²) in [6.45, 7) is 4.78. The van der Waals surface area contributed by atoms with Crippen LogP contribution in [0.2, 0.25) is 0 Å². The standard InChI is InChI=1S/C15H26N2O3/c1-10(2)9-13(15(19)20-3)17-8-4-5-12(14(17)18)16-11-6-7-11/h10-13,16H,4-9H2,1-3H3. The quantitative estimate of drug-likeness (QED) is 0.746. The number of hydrogen-bond acceptors (Lipinski definition) is 4. The van der Waals surface area contributed by atoms with E-state index in [1.807, 2.05) is 0 Å². The smallest absolute Gasteiger partial charge is 0.328 e. The van der Waals surface area contributed by atoms with Gasteiger partial charge in [-0.25, -0.2) is 4.79 Å². The topological polar surface area (TPSA) is 58.6 Å². The van der Waals surface area contributed by atoms with Crippen LogP contribution in [-0.4, -0.2) is 48.6 Å². The van der Waals surface area contributed by atoms with Crippen LogP contribution in [0.15, 0.2) is 0 Å². The molecule has 0 spiro atoms. The maximum atomic E-state index is 12.6. The number of piperidine rings is 1. The van der Waals surface area contributed by atoms with Gasteiger partial charge in [0.2, 0.25) is 5.91 Å². The minimum absolute atomic E-state index is 0.0687. The Balaban J connectivity index is 2.05. The first-order valence-electron chi connectivity index (χ1n) is 7.67. The number of esters is 1. The molecule has 0 aromatic carbocycles. The van der Waals surface area contributed by atoms with Crippen molar-refractivity contribution in [2.45, 2.75) is 64.1 Å². The van der Waals surface area contributed by atoms with Gasteiger partial charge < -0.3 is 15.0 Å². The largest absolute Gasteiger partial charge is 0.467 e. The van der Waals surface area contributed by atoms with E-state index in [0.717, 1.165) is 25.7 Å². The van der Waals surface area contributed by atoms with Gasteiger partial charge >= 0.3 is 5.97 Å². The van der Waals surface area contributed by atoms with Crippen LogP contribution in [0.5, 0.6) is 0 Å². The van der Waals surface area contributed by atoms with Crippen molar-refractivity contribution in [2.75, 3.05) is 13.7 Å². The predicted molar refractivity (Wildman–Crippen MR) is 76.2 cm³/mol. The van der Waals surface area contributed by atoms with Gasteiger partial charge in [0.15, 0.2) is 0 Å². The summed E-state index contributed by atoms with van der Waals surface area (Å²) in [5, 5.41) is 3.39. The highest BCUT2D eigenvalue weighted by Gasteiger charge is 2.39. The zero-order valence-electron chi connectivity index (χ0n) is 12.7. The third kappa shape index (κ3) is 3.72. The molecule has 1 saturated carbocycles. The molecule has 2 fully saturated rings. The number of nitrogens with one attached hydrogen (secondary N) is 1. The Kier molecular flexibility index (Phi) is 5.02. The zero-order chi connectivity index (χ0) is 14.7. The van der Waals surface area contributed by atoms with Crippen molar-refractivity contribution in [3.8, 4) is 0 Å². The molecule has 5 heteroatoms. The summed E-state index contributed by atoms with van der Waals surface area (Å²) >= 11 is 0. The number of amides is 1. The van der Waals surface area contributed by atoms with E-state index < -0.39 is 6.04 Å². The van der Waals surface area contributed by atoms with Crippen molar-refractivity contribution in [1.82, 2.24) is 10.2 Å². The van der Waals surface area contributed by atoms with Crippen molar-refractivity contribution in [3.05, 3.63) is 0 Å². The zero-order valence-corrected chi connectivity index (χ0v) is 12.7. The second-order valence-electron chi connectivity index (χ2n) is 6.34. The van der Waals surface area contributed by atoms with Crippen LogP contribution in [-0.2, 0) is 14.3 Å². The lowest BCUT2D eigenvalue weighted by molar-refractivity contribution is -0.156. The van der Waals surface area contributed by atoms with E-state index >= 15 is 0 Å². The highest BCUT2D eigenvalue weighted by atomic mass is 16.5. The summed E-state index contributed by atoms with van der Waals surface area (Å²) in [7, 11) is 1.39. The summed E-state index contributed by atoms with van der Waals surface area (Å²) < 4.78 is 4.89. The number of ether oxygens (including phenoxy) is 1. The first-order chi connectivity index (χ1) is 9.52. The number of likely N-dealkylation sites (tertiary alicyclic amines) is 1. The van der Waals surface area contributed by atoms with E-state index in [1.165, 1.54) is 7.11 Å². The molecule has 1 aliphatic heterocycles. The van der Waals surface area contributed by atoms with E-state index in [2.05, 4.69) is 19.2 Å². The van der Waals surface area contributed by atoms with Crippen LogP contribution in [0.25, 0.3) is 0 Å². The lowest BCUT2D eigenvalue weighted by Gasteiger charge is -2.37. The molecule has 1 N–H and O–H groups in total. The van der Waals surface area contributed by atoms with Crippen LogP contribution < -0.4 is 5.32 Å². The third-order valence-corrected chi connectivity index (χ3v) is 4.03. The fourth-order valence-electron chi connectivity index (χ4n) is 2.83. The van der Waals surface area contributed by atoms with Crippen molar-refractivity contribution in [2.24, 2.45) is 5.92 Å². The number of rotatable bonds is 6. The SMILES string of the molecule is COC(=O)C(CC(C)C)N1CCCC(NC2CC2)C1=O. The molecule has 2 atom stereocenters. The minimum Gasteiger partial charge on any atom is -0.467 e. The van der Waals surface area contributed by atoms with Gasteiger partial charge in [0.25, 0.3) is 0 Å². The number of carbonyl (C=O) groups is 2. The Morgan fingerprint density at radius 1 is 1.40 bits per heavy atom. The predicted octanol–water partition coefficient (Wildman–Crippen LogP) is 1.32. The maximum Gasteiger partial charge on any atom is 0.328 e. The molecule has 2 rings (SSSR count). The molecule has 2 aliphatic rings. The molecular formula is C15H26N2O3. The Morgan fingerprint density at radius 3 is 2.65 bits per heavy atom. The summed E-state index contributed by atoms with van der Waals surface area (Å²) in [6.07, 6.45) is 4.81. The van der Waals surface area contributed by atoms with Gasteiger partial charge in [-0.3, -0.25) is 4.79 Å². The highest BCUT2D eigenvalue weighted by Crippen LogP contribution is 2.24. The van der Waals surface area contributed by atoms with E-state index in [-0.39, 0.29) is 17.9 Å². The average Bonchev–Trinajstić information content (AvgIpc) is 3.22. The summed E-state index contributed by atoms with van der Waals surface area (Å²) in [5.74, 6) is 0.127. The van der Waals surface area contributed by atoms with Gasteiger partial charge in [-0.1, -0.05) is 13.8 Å². The maximum absolute atomic E-state index is 12.6. The molecule has 5 nitrogen and oxygen atoms in total. The Morgan fingerprint density at radius 2 is 2.10 bits per heavy atom. The molecule has 0 aromatic heterocycles. The van der Waals surface area contributed by atoms with Gasteiger partial charge in [0, 0.05) is 12.6 Å². The van der Waals surface area contributed by atoms with Crippen molar-refractivity contribution in [1.29, 1.82) is 0 Å². The number of carbonyl (C=O) groups excluding carboxylic acids is 2. The van der Waals surface area contributed by atoms with E-state index in [0.29, 0.717) is 24.9 Å². The molecule has 114 valence electrons. The van der Waals surface area contributed by atoms with Crippen LogP contribution in [0, 0.1) is 5.92 Å². The second kappa shape index (κ2) is 6.57. The van der Waals surface area contributed by atoms with Gasteiger partial charge in [0.05, 0.1) is 13.2 Å². The van der Waals surface area contributed by atoms with Crippen LogP contribution in [0.3, 0.4) is 0 Å². The number of nitrogens with zero attached hydrogens (tertiary/aromatic N) is 1. The second-order valence-corrected chi connectivity index (χ2v) is 6.34. The van der Waals surface area contributed by atoms with Gasteiger partial charge in [-0.2, -0.15) is 0 Å². The molecule has 20 heavy (non-hydrogen) atoms. The molecule has 0 bridgehead atoms. The highest BCUT2D eigenvalue weighted by molar-refractivity contribution is 5.88. The first kappa shape index (κ1) is 15.3. The van der Waals surface area contributed by atoms with Crippen molar-refractivity contribution in [3.63, 3.8) is 0 Å². The van der Waals surface area contributed by atoms with E-state index in [4.69, 9.17) is 4.74 Å². The molecule has 1 saturated heterocycles. The molecule has 1 aliphatic carbocycles. The fraction of sp³-hybridized carbons (Fsp3) is 0.867. The van der Waals surface area contributed by atoms with E-state index in [1.54, 1.807) is 4.90 Å². The summed E-state index contributed by atoms with van der Waals surface area (Å²) in [5.41, 5.74) is 0. The third-order valence-electron chi connectivity index (χ3n) is 4.03. The Labute approximate surface area is 121 Å². The lowest BCUT2D eigenvalue weighted by atomic mass is 9.97. The van der Waals surface area contributed by atoms with Crippen molar-refractivity contribution < 1.29 is 14.3 Å². The van der Waals surface area contributed by atoms with Crippen LogP contribution in [0.4, 0.5) is 0 Å². The monoisotopic (exact) mass is 282 g/mol. The molecule has 1 heterocycles. The number of hydrogen-bond donors (Lipinski definition) is 1. The summed E-state index contributed by atoms with van der Waals surface area (Å²) in [4.78, 5) is 26.3. The van der Waals surface area contributed by atoms with Gasteiger partial charge in [0.1, 0.15) is 6.04 Å². The van der Waals surface area contributed by atoms with E-state index in [9.17, 15) is 9.59 Å². The van der Waals surface area contributed by atoms with Crippen LogP contribution in [0.1, 0.15) is 46.0 Å². The van der Waals surface area contributed by atoms with Crippen molar-refractivity contribution >= 4 is 11.9 Å². The average molecular weight is 282 g/mol. The number of methoxy groups -OCH3 is 1. The Bertz CT molecular complexity index is 366. The fourth-order valence-corrected chi connectivity index (χ4v) is 2.83. The summed E-state index contributed by atoms with van der Waals surface area (Å²) in [6, 6.07) is -0.0440. The molecule has 1 amide bonds. The molecular weight excluding hydrogens is 256 g/mol.